The molecule has 4 rings (SSSR count). The van der Waals surface area contributed by atoms with Gasteiger partial charge in [0.05, 0.1) is 0 Å². The van der Waals surface area contributed by atoms with Crippen LogP contribution in [0.4, 0.5) is 0 Å². The molecule has 2 aromatic rings. The highest BCUT2D eigenvalue weighted by molar-refractivity contribution is 8.17. The van der Waals surface area contributed by atoms with Crippen LogP contribution in [0.2, 0.25) is 0 Å². The Bertz CT molecular complexity index is 859. The Morgan fingerprint density at radius 1 is 0.893 bits per heavy atom. The normalized spacial score (nSPS) is 20.7. The molecule has 0 unspecified atom stereocenters. The van der Waals surface area contributed by atoms with Crippen molar-refractivity contribution in [1.82, 2.24) is 9.57 Å². The lowest BCUT2D eigenvalue weighted by Gasteiger charge is -2.38. The first-order valence-electron chi connectivity index (χ1n) is 9.81. The standard InChI is InChI=1S/C23H27N2OPS/c1-24-15-13-21(14-16-24)25(2)27(26)17-22(19-9-5-3-6-10-19)28-23(18-27)20-11-7-4-8-12-20/h3-12,17-18,21H,13-16H2,1-2H3. The number of likely N-dealkylation sites (tertiary alicyclic amines) is 1. The van der Waals surface area contributed by atoms with Gasteiger partial charge in [-0.25, -0.2) is 4.67 Å². The summed E-state index contributed by atoms with van der Waals surface area (Å²) in [5, 5.41) is 0. The van der Waals surface area contributed by atoms with Gasteiger partial charge in [-0.1, -0.05) is 72.4 Å². The number of nitrogens with zero attached hydrogens (tertiary/aromatic N) is 2. The largest absolute Gasteiger partial charge is 0.306 e. The molecule has 28 heavy (non-hydrogen) atoms. The SMILES string of the molecule is CN1CCC(N(C)P2(=O)C=C(c3ccccc3)SC(c3ccccc3)=C2)CC1. The lowest BCUT2D eigenvalue weighted by Crippen LogP contribution is -2.40. The molecule has 0 N–H and O–H groups in total. The molecular formula is C23H27N2OPS. The molecule has 2 aromatic carbocycles. The van der Waals surface area contributed by atoms with E-state index >= 15 is 0 Å². The molecule has 2 aliphatic rings. The van der Waals surface area contributed by atoms with Gasteiger partial charge in [0.1, 0.15) is 0 Å². The zero-order chi connectivity index (χ0) is 19.6. The Hall–Kier alpha value is -1.58. The first-order valence-corrected chi connectivity index (χ1v) is 12.4. The molecule has 2 heterocycles. The summed E-state index contributed by atoms with van der Waals surface area (Å²) < 4.78 is 16.4. The average Bonchev–Trinajstić information content (AvgIpc) is 2.75. The van der Waals surface area contributed by atoms with E-state index in [1.54, 1.807) is 11.8 Å². The molecule has 0 spiro atoms. The van der Waals surface area contributed by atoms with Gasteiger partial charge in [-0.3, -0.25) is 4.57 Å². The van der Waals surface area contributed by atoms with Crippen molar-refractivity contribution in [3.63, 3.8) is 0 Å². The molecule has 0 atom stereocenters. The molecule has 0 amide bonds. The van der Waals surface area contributed by atoms with Gasteiger partial charge in [0.25, 0.3) is 0 Å². The summed E-state index contributed by atoms with van der Waals surface area (Å²) in [6.07, 6.45) is 2.13. The molecule has 0 aliphatic carbocycles. The fraction of sp³-hybridized carbons (Fsp3) is 0.304. The van der Waals surface area contributed by atoms with Crippen LogP contribution in [-0.4, -0.2) is 42.8 Å². The van der Waals surface area contributed by atoms with Gasteiger partial charge < -0.3 is 4.90 Å². The minimum absolute atomic E-state index is 0.353. The van der Waals surface area contributed by atoms with Crippen LogP contribution in [-0.2, 0) is 4.57 Å². The van der Waals surface area contributed by atoms with Crippen molar-refractivity contribution < 1.29 is 4.57 Å². The van der Waals surface area contributed by atoms with Crippen LogP contribution >= 0.6 is 19.1 Å². The molecule has 146 valence electrons. The maximum atomic E-state index is 14.2. The van der Waals surface area contributed by atoms with Crippen LogP contribution < -0.4 is 0 Å². The van der Waals surface area contributed by atoms with Gasteiger partial charge >= 0.3 is 0 Å². The quantitative estimate of drug-likeness (QED) is 0.574. The molecule has 3 nitrogen and oxygen atoms in total. The van der Waals surface area contributed by atoms with E-state index in [9.17, 15) is 4.57 Å². The third-order valence-corrected chi connectivity index (χ3v) is 9.72. The van der Waals surface area contributed by atoms with Crippen molar-refractivity contribution in [2.45, 2.75) is 18.9 Å². The summed E-state index contributed by atoms with van der Waals surface area (Å²) in [5.41, 5.74) is 2.26. The summed E-state index contributed by atoms with van der Waals surface area (Å²) in [7, 11) is 1.44. The average molecular weight is 411 g/mol. The molecule has 1 saturated heterocycles. The highest BCUT2D eigenvalue weighted by Crippen LogP contribution is 2.63. The van der Waals surface area contributed by atoms with E-state index < -0.39 is 7.29 Å². The predicted molar refractivity (Wildman–Crippen MR) is 122 cm³/mol. The number of hydrogen-bond donors (Lipinski definition) is 0. The number of thioether (sulfide) groups is 1. The zero-order valence-corrected chi connectivity index (χ0v) is 18.2. The predicted octanol–water partition coefficient (Wildman–Crippen LogP) is 6.03. The van der Waals surface area contributed by atoms with E-state index in [2.05, 4.69) is 40.9 Å². The van der Waals surface area contributed by atoms with Crippen LogP contribution in [0.1, 0.15) is 24.0 Å². The van der Waals surface area contributed by atoms with Crippen LogP contribution in [0.3, 0.4) is 0 Å². The molecule has 0 saturated carbocycles. The minimum atomic E-state index is -2.77. The highest BCUT2D eigenvalue weighted by atomic mass is 32.2. The minimum Gasteiger partial charge on any atom is -0.306 e. The van der Waals surface area contributed by atoms with E-state index in [4.69, 9.17) is 0 Å². The smallest absolute Gasteiger partial charge is 0.195 e. The first kappa shape index (κ1) is 19.7. The van der Waals surface area contributed by atoms with Gasteiger partial charge in [0.2, 0.25) is 0 Å². The van der Waals surface area contributed by atoms with E-state index in [1.807, 2.05) is 55.1 Å². The third kappa shape index (κ3) is 4.21. The van der Waals surface area contributed by atoms with Gasteiger partial charge in [0.15, 0.2) is 7.29 Å². The summed E-state index contributed by atoms with van der Waals surface area (Å²) in [5.74, 6) is 4.05. The second kappa shape index (κ2) is 8.42. The lowest BCUT2D eigenvalue weighted by atomic mass is 10.1. The topological polar surface area (TPSA) is 23.6 Å². The number of benzene rings is 2. The Morgan fingerprint density at radius 2 is 1.36 bits per heavy atom. The van der Waals surface area contributed by atoms with Crippen molar-refractivity contribution >= 4 is 28.9 Å². The number of hydrogen-bond acceptors (Lipinski definition) is 3. The maximum absolute atomic E-state index is 14.2. The highest BCUT2D eigenvalue weighted by Gasteiger charge is 2.34. The van der Waals surface area contributed by atoms with Crippen molar-refractivity contribution in [2.75, 3.05) is 27.2 Å². The van der Waals surface area contributed by atoms with Crippen molar-refractivity contribution in [3.05, 3.63) is 83.4 Å². The van der Waals surface area contributed by atoms with Crippen LogP contribution in [0.5, 0.6) is 0 Å². The van der Waals surface area contributed by atoms with E-state index in [-0.39, 0.29) is 0 Å². The molecule has 1 fully saturated rings. The van der Waals surface area contributed by atoms with Crippen molar-refractivity contribution in [1.29, 1.82) is 0 Å². The first-order chi connectivity index (χ1) is 13.5. The van der Waals surface area contributed by atoms with Crippen molar-refractivity contribution in [3.8, 4) is 0 Å². The van der Waals surface area contributed by atoms with Crippen LogP contribution in [0, 0.1) is 0 Å². The van der Waals surface area contributed by atoms with E-state index in [1.165, 1.54) is 0 Å². The molecular weight excluding hydrogens is 383 g/mol. The summed E-state index contributed by atoms with van der Waals surface area (Å²) in [6.45, 7) is 2.13. The summed E-state index contributed by atoms with van der Waals surface area (Å²) in [6, 6.07) is 21.0. The second-order valence-electron chi connectivity index (χ2n) is 7.60. The zero-order valence-electron chi connectivity index (χ0n) is 16.5. The van der Waals surface area contributed by atoms with E-state index in [0.29, 0.717) is 6.04 Å². The van der Waals surface area contributed by atoms with E-state index in [0.717, 1.165) is 46.9 Å². The maximum Gasteiger partial charge on any atom is 0.195 e. The summed E-state index contributed by atoms with van der Waals surface area (Å²) >= 11 is 1.72. The fourth-order valence-electron chi connectivity index (χ4n) is 3.82. The van der Waals surface area contributed by atoms with Gasteiger partial charge in [-0.15, -0.1) is 0 Å². The molecule has 5 heteroatoms. The number of rotatable bonds is 4. The van der Waals surface area contributed by atoms with Crippen molar-refractivity contribution in [2.24, 2.45) is 0 Å². The Labute approximate surface area is 172 Å². The van der Waals surface area contributed by atoms with Gasteiger partial charge in [-0.05, 0) is 51.2 Å². The monoisotopic (exact) mass is 410 g/mol. The lowest BCUT2D eigenvalue weighted by molar-refractivity contribution is 0.198. The third-order valence-electron chi connectivity index (χ3n) is 5.65. The van der Waals surface area contributed by atoms with Crippen LogP contribution in [0.15, 0.2) is 72.3 Å². The number of piperidine rings is 1. The Morgan fingerprint density at radius 3 is 1.82 bits per heavy atom. The van der Waals surface area contributed by atoms with Gasteiger partial charge in [-0.2, -0.15) is 0 Å². The fourth-order valence-corrected chi connectivity index (χ4v) is 8.05. The molecule has 0 bridgehead atoms. The second-order valence-corrected chi connectivity index (χ2v) is 11.2. The molecule has 0 radical (unpaired) electrons. The van der Waals surface area contributed by atoms with Gasteiger partial charge in [0, 0.05) is 27.5 Å². The Kier molecular flexibility index (Phi) is 5.93. The molecule has 2 aliphatic heterocycles. The molecule has 0 aromatic heterocycles. The summed E-state index contributed by atoms with van der Waals surface area (Å²) in [4.78, 5) is 4.53. The van der Waals surface area contributed by atoms with Crippen LogP contribution in [0.25, 0.3) is 9.81 Å². The Balaban J connectivity index is 1.72.